The summed E-state index contributed by atoms with van der Waals surface area (Å²) in [5.41, 5.74) is -1.67. The molecule has 1 aromatic carbocycles. The Labute approximate surface area is 169 Å². The third-order valence-electron chi connectivity index (χ3n) is 4.98. The standard InChI is InChI=1S/C18H13Cl2FN4O3/c1-24-16(27)15-12(21)5-9(19)6-13(15)25-14(26)2-3-18(24,25)17(28)23-11-4-10(20)7-22-8-11/h4-8H,2-3H2,1H3,(H,23,28). The van der Waals surface area contributed by atoms with Gasteiger partial charge in [0.15, 0.2) is 0 Å². The van der Waals surface area contributed by atoms with Crippen molar-refractivity contribution in [2.45, 2.75) is 18.5 Å². The van der Waals surface area contributed by atoms with Crippen LogP contribution in [-0.4, -0.2) is 40.3 Å². The molecule has 2 aromatic rings. The lowest BCUT2D eigenvalue weighted by Crippen LogP contribution is -2.68. The number of hydrogen-bond donors (Lipinski definition) is 1. The van der Waals surface area contributed by atoms with Gasteiger partial charge in [-0.1, -0.05) is 23.2 Å². The number of aromatic nitrogens is 1. The molecule has 2 aliphatic heterocycles. The van der Waals surface area contributed by atoms with Gasteiger partial charge >= 0.3 is 0 Å². The molecule has 2 aliphatic rings. The smallest absolute Gasteiger partial charge is 0.271 e. The van der Waals surface area contributed by atoms with E-state index >= 15 is 0 Å². The minimum atomic E-state index is -1.65. The lowest BCUT2D eigenvalue weighted by molar-refractivity contribution is -0.128. The molecule has 0 bridgehead atoms. The van der Waals surface area contributed by atoms with Crippen LogP contribution in [0.1, 0.15) is 23.2 Å². The predicted octanol–water partition coefficient (Wildman–Crippen LogP) is 3.07. The van der Waals surface area contributed by atoms with Crippen LogP contribution in [0.2, 0.25) is 10.0 Å². The fourth-order valence-corrected chi connectivity index (χ4v) is 4.10. The van der Waals surface area contributed by atoms with Gasteiger partial charge in [-0.3, -0.25) is 24.3 Å². The molecule has 3 heterocycles. The van der Waals surface area contributed by atoms with Crippen molar-refractivity contribution in [1.29, 1.82) is 0 Å². The molecule has 1 atom stereocenters. The SMILES string of the molecule is CN1C(=O)c2c(F)cc(Cl)cc2N2C(=O)CCC12C(=O)Nc1cncc(Cl)c1. The van der Waals surface area contributed by atoms with Crippen molar-refractivity contribution in [3.05, 3.63) is 52.0 Å². The largest absolute Gasteiger partial charge is 0.321 e. The van der Waals surface area contributed by atoms with Crippen LogP contribution in [0.15, 0.2) is 30.6 Å². The van der Waals surface area contributed by atoms with E-state index in [4.69, 9.17) is 23.2 Å². The minimum Gasteiger partial charge on any atom is -0.321 e. The summed E-state index contributed by atoms with van der Waals surface area (Å²) in [5, 5.41) is 2.97. The summed E-state index contributed by atoms with van der Waals surface area (Å²) in [6.07, 6.45) is 2.84. The van der Waals surface area contributed by atoms with E-state index in [-0.39, 0.29) is 29.1 Å². The maximum absolute atomic E-state index is 14.5. The van der Waals surface area contributed by atoms with Crippen molar-refractivity contribution < 1.29 is 18.8 Å². The normalized spacial score (nSPS) is 20.9. The number of anilines is 2. The average molecular weight is 423 g/mol. The second-order valence-electron chi connectivity index (χ2n) is 6.54. The van der Waals surface area contributed by atoms with Gasteiger partial charge in [0.25, 0.3) is 11.8 Å². The second kappa shape index (κ2) is 6.42. The molecule has 0 radical (unpaired) electrons. The van der Waals surface area contributed by atoms with Crippen molar-refractivity contribution in [3.8, 4) is 0 Å². The van der Waals surface area contributed by atoms with Crippen LogP contribution in [0.4, 0.5) is 15.8 Å². The summed E-state index contributed by atoms with van der Waals surface area (Å²) in [6.45, 7) is 0. The van der Waals surface area contributed by atoms with Crippen LogP contribution in [0, 0.1) is 5.82 Å². The first-order valence-electron chi connectivity index (χ1n) is 8.28. The fourth-order valence-electron chi connectivity index (χ4n) is 3.73. The van der Waals surface area contributed by atoms with Crippen LogP contribution < -0.4 is 10.2 Å². The van der Waals surface area contributed by atoms with Crippen LogP contribution in [0.3, 0.4) is 0 Å². The highest BCUT2D eigenvalue weighted by molar-refractivity contribution is 6.32. The van der Waals surface area contributed by atoms with Crippen molar-refractivity contribution in [1.82, 2.24) is 9.88 Å². The molecule has 1 saturated heterocycles. The Morgan fingerprint density at radius 2 is 1.96 bits per heavy atom. The number of amides is 3. The topological polar surface area (TPSA) is 82.6 Å². The van der Waals surface area contributed by atoms with E-state index in [1.54, 1.807) is 0 Å². The lowest BCUT2D eigenvalue weighted by atomic mass is 9.96. The molecule has 1 unspecified atom stereocenters. The molecule has 1 N–H and O–H groups in total. The summed E-state index contributed by atoms with van der Waals surface area (Å²) in [4.78, 5) is 45.0. The summed E-state index contributed by atoms with van der Waals surface area (Å²) in [5.74, 6) is -2.62. The Kier molecular flexibility index (Phi) is 4.28. The van der Waals surface area contributed by atoms with Crippen molar-refractivity contribution in [2.24, 2.45) is 0 Å². The maximum atomic E-state index is 14.5. The van der Waals surface area contributed by atoms with Gasteiger partial charge in [0.2, 0.25) is 11.6 Å². The first-order valence-corrected chi connectivity index (χ1v) is 9.03. The molecule has 144 valence electrons. The van der Waals surface area contributed by atoms with Crippen molar-refractivity contribution in [2.75, 3.05) is 17.3 Å². The number of carbonyl (C=O) groups excluding carboxylic acids is 3. The van der Waals surface area contributed by atoms with Crippen LogP contribution in [0.25, 0.3) is 0 Å². The summed E-state index contributed by atoms with van der Waals surface area (Å²) in [7, 11) is 1.36. The van der Waals surface area contributed by atoms with Gasteiger partial charge in [-0.15, -0.1) is 0 Å². The number of halogens is 3. The van der Waals surface area contributed by atoms with Crippen LogP contribution >= 0.6 is 23.2 Å². The number of hydrogen-bond acceptors (Lipinski definition) is 4. The fraction of sp³-hybridized carbons (Fsp3) is 0.222. The van der Waals surface area contributed by atoms with Crippen molar-refractivity contribution in [3.63, 3.8) is 0 Å². The molecule has 1 fully saturated rings. The maximum Gasteiger partial charge on any atom is 0.271 e. The predicted molar refractivity (Wildman–Crippen MR) is 101 cm³/mol. The van der Waals surface area contributed by atoms with Crippen LogP contribution in [-0.2, 0) is 9.59 Å². The highest BCUT2D eigenvalue weighted by Gasteiger charge is 2.60. The third-order valence-corrected chi connectivity index (χ3v) is 5.41. The molecule has 0 aliphatic carbocycles. The number of benzene rings is 1. The molecule has 0 spiro atoms. The molecular weight excluding hydrogens is 410 g/mol. The first-order chi connectivity index (χ1) is 13.3. The average Bonchev–Trinajstić information content (AvgIpc) is 2.98. The van der Waals surface area contributed by atoms with Gasteiger partial charge in [0.1, 0.15) is 5.82 Å². The van der Waals surface area contributed by atoms with Gasteiger partial charge in [0, 0.05) is 31.1 Å². The number of nitrogens with one attached hydrogen (secondary N) is 1. The van der Waals surface area contributed by atoms with Gasteiger partial charge in [-0.05, 0) is 18.2 Å². The number of nitrogens with zero attached hydrogens (tertiary/aromatic N) is 3. The summed E-state index contributed by atoms with van der Waals surface area (Å²) >= 11 is 11.9. The Morgan fingerprint density at radius 3 is 2.68 bits per heavy atom. The zero-order chi connectivity index (χ0) is 20.2. The number of likely N-dealkylation sites (N-methyl/N-ethyl adjacent to an activating group) is 1. The molecule has 4 rings (SSSR count). The first kappa shape index (κ1) is 18.6. The van der Waals surface area contributed by atoms with E-state index in [1.807, 2.05) is 0 Å². The number of rotatable bonds is 2. The van der Waals surface area contributed by atoms with Gasteiger partial charge < -0.3 is 10.2 Å². The number of fused-ring (bicyclic) bond motifs is 3. The Morgan fingerprint density at radius 1 is 1.21 bits per heavy atom. The number of carbonyl (C=O) groups is 3. The lowest BCUT2D eigenvalue weighted by Gasteiger charge is -2.47. The Balaban J connectivity index is 1.86. The van der Waals surface area contributed by atoms with Gasteiger partial charge in [-0.2, -0.15) is 0 Å². The molecule has 0 saturated carbocycles. The highest BCUT2D eigenvalue weighted by atomic mass is 35.5. The quantitative estimate of drug-likeness (QED) is 0.805. The third kappa shape index (κ3) is 2.56. The van der Waals surface area contributed by atoms with Crippen molar-refractivity contribution >= 4 is 52.3 Å². The van der Waals surface area contributed by atoms with E-state index in [0.29, 0.717) is 10.7 Å². The Bertz CT molecular complexity index is 1050. The summed E-state index contributed by atoms with van der Waals surface area (Å²) < 4.78 is 14.5. The monoisotopic (exact) mass is 422 g/mol. The second-order valence-corrected chi connectivity index (χ2v) is 7.41. The zero-order valence-corrected chi connectivity index (χ0v) is 16.0. The molecule has 3 amide bonds. The Hall–Kier alpha value is -2.71. The van der Waals surface area contributed by atoms with Gasteiger partial charge in [0.05, 0.1) is 28.2 Å². The zero-order valence-electron chi connectivity index (χ0n) is 14.5. The van der Waals surface area contributed by atoms with E-state index in [9.17, 15) is 18.8 Å². The molecule has 1 aromatic heterocycles. The van der Waals surface area contributed by atoms with Gasteiger partial charge in [-0.25, -0.2) is 4.39 Å². The van der Waals surface area contributed by atoms with E-state index in [1.165, 1.54) is 31.6 Å². The summed E-state index contributed by atoms with van der Waals surface area (Å²) in [6, 6.07) is 3.80. The number of pyridine rings is 1. The van der Waals surface area contributed by atoms with E-state index in [2.05, 4.69) is 10.3 Å². The van der Waals surface area contributed by atoms with E-state index in [0.717, 1.165) is 15.9 Å². The molecular formula is C18H13Cl2FN4O3. The molecule has 28 heavy (non-hydrogen) atoms. The molecule has 7 nitrogen and oxygen atoms in total. The molecule has 10 heteroatoms. The highest BCUT2D eigenvalue weighted by Crippen LogP contribution is 2.45. The van der Waals surface area contributed by atoms with Crippen LogP contribution in [0.5, 0.6) is 0 Å². The van der Waals surface area contributed by atoms with E-state index < -0.39 is 29.2 Å². The minimum absolute atomic E-state index is 0.00636.